The van der Waals surface area contributed by atoms with E-state index in [0.717, 1.165) is 11.3 Å². The number of thioether (sulfide) groups is 1. The minimum absolute atomic E-state index is 0.203. The molecule has 0 radical (unpaired) electrons. The molecule has 2 rings (SSSR count). The van der Waals surface area contributed by atoms with Gasteiger partial charge in [-0.1, -0.05) is 12.1 Å². The summed E-state index contributed by atoms with van der Waals surface area (Å²) in [5.41, 5.74) is 0. The van der Waals surface area contributed by atoms with Crippen molar-refractivity contribution in [1.82, 2.24) is 4.98 Å². The molecule has 1 heterocycles. The first-order chi connectivity index (χ1) is 8.16. The Hall–Kier alpha value is -1.40. The fraction of sp³-hybridized carbons (Fsp3) is 0.0909. The normalized spacial score (nSPS) is 10.4. The maximum Gasteiger partial charge on any atom is 0.347 e. The predicted molar refractivity (Wildman–Crippen MR) is 65.0 cm³/mol. The van der Waals surface area contributed by atoms with Crippen LogP contribution in [0.2, 0.25) is 0 Å². The maximum absolute atomic E-state index is 13.3. The number of aromatic nitrogens is 1. The van der Waals surface area contributed by atoms with Crippen LogP contribution in [0, 0.1) is 5.82 Å². The van der Waals surface area contributed by atoms with Gasteiger partial charge in [0.15, 0.2) is 0 Å². The van der Waals surface area contributed by atoms with Crippen LogP contribution in [0.25, 0.3) is 0 Å². The minimum Gasteiger partial charge on any atom is -0.477 e. The van der Waals surface area contributed by atoms with Crippen LogP contribution in [0.1, 0.15) is 14.7 Å². The standard InChI is InChI=1S/C11H8FNO2S2/c12-7-3-1-2-4-8(7)16-6-10-13-5-9(17-10)11(14)15/h1-5H,6H2,(H,14,15). The van der Waals surface area contributed by atoms with Gasteiger partial charge in [0.25, 0.3) is 0 Å². The van der Waals surface area contributed by atoms with Crippen molar-refractivity contribution in [3.05, 3.63) is 46.2 Å². The summed E-state index contributed by atoms with van der Waals surface area (Å²) >= 11 is 2.42. The summed E-state index contributed by atoms with van der Waals surface area (Å²) in [6.07, 6.45) is 1.32. The Balaban J connectivity index is 2.02. The molecule has 3 nitrogen and oxygen atoms in total. The van der Waals surface area contributed by atoms with Gasteiger partial charge in [0.2, 0.25) is 0 Å². The number of thiazole rings is 1. The highest BCUT2D eigenvalue weighted by Crippen LogP contribution is 2.26. The van der Waals surface area contributed by atoms with Crippen molar-refractivity contribution in [1.29, 1.82) is 0 Å². The average Bonchev–Trinajstić information content (AvgIpc) is 2.77. The number of rotatable bonds is 4. The Morgan fingerprint density at radius 3 is 2.88 bits per heavy atom. The molecule has 1 aromatic heterocycles. The van der Waals surface area contributed by atoms with Crippen LogP contribution in [0.4, 0.5) is 4.39 Å². The molecule has 0 aliphatic carbocycles. The van der Waals surface area contributed by atoms with Crippen LogP contribution in [0.3, 0.4) is 0 Å². The monoisotopic (exact) mass is 269 g/mol. The third kappa shape index (κ3) is 3.04. The van der Waals surface area contributed by atoms with Crippen LogP contribution in [-0.2, 0) is 5.75 Å². The lowest BCUT2D eigenvalue weighted by Crippen LogP contribution is -1.89. The first kappa shape index (κ1) is 12.1. The topological polar surface area (TPSA) is 50.2 Å². The zero-order chi connectivity index (χ0) is 12.3. The molecule has 0 fully saturated rings. The fourth-order valence-corrected chi connectivity index (χ4v) is 2.88. The van der Waals surface area contributed by atoms with Crippen molar-refractivity contribution in [2.75, 3.05) is 0 Å². The van der Waals surface area contributed by atoms with E-state index in [-0.39, 0.29) is 10.7 Å². The van der Waals surface area contributed by atoms with E-state index < -0.39 is 5.97 Å². The Kier molecular flexibility index (Phi) is 3.75. The molecule has 0 amide bonds. The Morgan fingerprint density at radius 2 is 2.24 bits per heavy atom. The van der Waals surface area contributed by atoms with E-state index in [2.05, 4.69) is 4.98 Å². The lowest BCUT2D eigenvalue weighted by molar-refractivity contribution is 0.0702. The van der Waals surface area contributed by atoms with Gasteiger partial charge in [0.1, 0.15) is 15.7 Å². The van der Waals surface area contributed by atoms with Crippen molar-refractivity contribution in [3.8, 4) is 0 Å². The van der Waals surface area contributed by atoms with E-state index in [1.807, 2.05) is 0 Å². The van der Waals surface area contributed by atoms with Gasteiger partial charge in [-0.05, 0) is 12.1 Å². The van der Waals surface area contributed by atoms with Crippen LogP contribution >= 0.6 is 23.1 Å². The molecule has 6 heteroatoms. The summed E-state index contributed by atoms with van der Waals surface area (Å²) in [4.78, 5) is 15.4. The SMILES string of the molecule is O=C(O)c1cnc(CSc2ccccc2F)s1. The minimum atomic E-state index is -0.982. The highest BCUT2D eigenvalue weighted by Gasteiger charge is 2.09. The molecular formula is C11H8FNO2S2. The van der Waals surface area contributed by atoms with Gasteiger partial charge in [-0.3, -0.25) is 0 Å². The Morgan fingerprint density at radius 1 is 1.47 bits per heavy atom. The molecule has 0 spiro atoms. The summed E-state index contributed by atoms with van der Waals surface area (Å²) in [5.74, 6) is -0.782. The lowest BCUT2D eigenvalue weighted by atomic mass is 10.3. The molecule has 0 aliphatic heterocycles. The summed E-state index contributed by atoms with van der Waals surface area (Å²) in [6.45, 7) is 0. The van der Waals surface area contributed by atoms with E-state index in [4.69, 9.17) is 5.11 Å². The van der Waals surface area contributed by atoms with Gasteiger partial charge in [-0.2, -0.15) is 0 Å². The predicted octanol–water partition coefficient (Wildman–Crippen LogP) is 3.27. The molecule has 0 unspecified atom stereocenters. The van der Waals surface area contributed by atoms with Gasteiger partial charge < -0.3 is 5.11 Å². The molecule has 2 aromatic rings. The summed E-state index contributed by atoms with van der Waals surface area (Å²) < 4.78 is 13.3. The second kappa shape index (κ2) is 5.29. The quantitative estimate of drug-likeness (QED) is 0.865. The third-order valence-electron chi connectivity index (χ3n) is 1.95. The highest BCUT2D eigenvalue weighted by molar-refractivity contribution is 7.98. The number of aromatic carboxylic acids is 1. The van der Waals surface area contributed by atoms with Crippen LogP contribution in [0.5, 0.6) is 0 Å². The van der Waals surface area contributed by atoms with Gasteiger partial charge in [0, 0.05) is 4.90 Å². The Labute approximate surface area is 105 Å². The average molecular weight is 269 g/mol. The fourth-order valence-electron chi connectivity index (χ4n) is 1.18. The summed E-state index contributed by atoms with van der Waals surface area (Å²) in [6, 6.07) is 6.47. The van der Waals surface area contributed by atoms with Crippen LogP contribution in [-0.4, -0.2) is 16.1 Å². The van der Waals surface area contributed by atoms with E-state index in [1.54, 1.807) is 18.2 Å². The zero-order valence-corrected chi connectivity index (χ0v) is 10.2. The van der Waals surface area contributed by atoms with Gasteiger partial charge in [-0.25, -0.2) is 14.2 Å². The van der Waals surface area contributed by atoms with Gasteiger partial charge in [0.05, 0.1) is 11.9 Å². The molecule has 0 saturated heterocycles. The number of carboxylic acids is 1. The second-order valence-electron chi connectivity index (χ2n) is 3.14. The van der Waals surface area contributed by atoms with E-state index in [9.17, 15) is 9.18 Å². The van der Waals surface area contributed by atoms with E-state index in [1.165, 1.54) is 24.0 Å². The molecule has 0 aliphatic rings. The van der Waals surface area contributed by atoms with Crippen molar-refractivity contribution in [2.24, 2.45) is 0 Å². The summed E-state index contributed by atoms with van der Waals surface area (Å²) in [5, 5.41) is 9.41. The molecule has 88 valence electrons. The van der Waals surface area contributed by atoms with Gasteiger partial charge in [-0.15, -0.1) is 23.1 Å². The maximum atomic E-state index is 13.3. The number of hydrogen-bond donors (Lipinski definition) is 1. The molecule has 17 heavy (non-hydrogen) atoms. The highest BCUT2D eigenvalue weighted by atomic mass is 32.2. The second-order valence-corrected chi connectivity index (χ2v) is 5.27. The first-order valence-corrected chi connectivity index (χ1v) is 6.52. The number of hydrogen-bond acceptors (Lipinski definition) is 4. The first-order valence-electron chi connectivity index (χ1n) is 4.72. The van der Waals surface area contributed by atoms with Crippen LogP contribution in [0.15, 0.2) is 35.4 Å². The van der Waals surface area contributed by atoms with Crippen molar-refractivity contribution in [3.63, 3.8) is 0 Å². The third-order valence-corrected chi connectivity index (χ3v) is 4.18. The number of carboxylic acid groups (broad SMARTS) is 1. The molecule has 1 N–H and O–H groups in total. The smallest absolute Gasteiger partial charge is 0.347 e. The molecular weight excluding hydrogens is 261 g/mol. The van der Waals surface area contributed by atoms with Crippen molar-refractivity contribution < 1.29 is 14.3 Å². The summed E-state index contributed by atoms with van der Waals surface area (Å²) in [7, 11) is 0. The molecule has 1 aromatic carbocycles. The van der Waals surface area contributed by atoms with Crippen molar-refractivity contribution in [2.45, 2.75) is 10.6 Å². The van der Waals surface area contributed by atoms with E-state index >= 15 is 0 Å². The zero-order valence-electron chi connectivity index (χ0n) is 8.59. The number of carbonyl (C=O) groups is 1. The lowest BCUT2D eigenvalue weighted by Gasteiger charge is -1.99. The molecule has 0 bridgehead atoms. The number of benzene rings is 1. The van der Waals surface area contributed by atoms with Crippen molar-refractivity contribution >= 4 is 29.1 Å². The largest absolute Gasteiger partial charge is 0.477 e. The number of halogens is 1. The van der Waals surface area contributed by atoms with Crippen LogP contribution < -0.4 is 0 Å². The molecule has 0 saturated carbocycles. The Bertz CT molecular complexity index is 542. The van der Waals surface area contributed by atoms with E-state index in [0.29, 0.717) is 15.7 Å². The number of nitrogens with zero attached hydrogens (tertiary/aromatic N) is 1. The van der Waals surface area contributed by atoms with Gasteiger partial charge >= 0.3 is 5.97 Å². The molecule has 0 atom stereocenters.